The van der Waals surface area contributed by atoms with Crippen molar-refractivity contribution in [1.82, 2.24) is 9.91 Å². The van der Waals surface area contributed by atoms with Gasteiger partial charge in [-0.3, -0.25) is 9.69 Å². The predicted octanol–water partition coefficient (Wildman–Crippen LogP) is 4.97. The number of amides is 1. The van der Waals surface area contributed by atoms with Crippen LogP contribution in [0.25, 0.3) is 0 Å². The molecule has 0 spiro atoms. The summed E-state index contributed by atoms with van der Waals surface area (Å²) < 4.78 is 0. The SMILES string of the molecule is Cc1ccc(C2=NN(C(=O)CN(C)C(C)C)C(c3ccccc3Cl)C2)cc1C. The Labute approximate surface area is 172 Å². The molecule has 1 amide bonds. The molecule has 1 aliphatic rings. The quantitative estimate of drug-likeness (QED) is 0.713. The first kappa shape index (κ1) is 20.6. The highest BCUT2D eigenvalue weighted by Crippen LogP contribution is 2.36. The van der Waals surface area contributed by atoms with Gasteiger partial charge in [-0.1, -0.05) is 41.9 Å². The van der Waals surface area contributed by atoms with Gasteiger partial charge in [0.05, 0.1) is 18.3 Å². The van der Waals surface area contributed by atoms with E-state index < -0.39 is 0 Å². The van der Waals surface area contributed by atoms with E-state index in [1.165, 1.54) is 11.1 Å². The van der Waals surface area contributed by atoms with E-state index in [0.29, 0.717) is 18.0 Å². The first-order valence-electron chi connectivity index (χ1n) is 9.69. The Morgan fingerprint density at radius 3 is 2.57 bits per heavy atom. The van der Waals surface area contributed by atoms with Crippen LogP contribution in [0.15, 0.2) is 47.6 Å². The number of aryl methyl sites for hydroxylation is 2. The minimum Gasteiger partial charge on any atom is -0.295 e. The summed E-state index contributed by atoms with van der Waals surface area (Å²) in [5.41, 5.74) is 5.39. The molecule has 1 atom stereocenters. The molecular weight excluding hydrogens is 370 g/mol. The first-order valence-corrected chi connectivity index (χ1v) is 10.1. The fraction of sp³-hybridized carbons (Fsp3) is 0.391. The summed E-state index contributed by atoms with van der Waals surface area (Å²) in [4.78, 5) is 15.1. The zero-order chi connectivity index (χ0) is 20.4. The van der Waals surface area contributed by atoms with Gasteiger partial charge in [-0.25, -0.2) is 5.01 Å². The monoisotopic (exact) mass is 397 g/mol. The lowest BCUT2D eigenvalue weighted by Gasteiger charge is -2.26. The molecule has 0 fully saturated rings. The maximum atomic E-state index is 13.1. The average molecular weight is 398 g/mol. The van der Waals surface area contributed by atoms with Gasteiger partial charge in [0.1, 0.15) is 0 Å². The number of hydrogen-bond donors (Lipinski definition) is 0. The maximum Gasteiger partial charge on any atom is 0.257 e. The minimum atomic E-state index is -0.182. The van der Waals surface area contributed by atoms with Crippen LogP contribution in [0, 0.1) is 13.8 Å². The maximum absolute atomic E-state index is 13.1. The fourth-order valence-corrected chi connectivity index (χ4v) is 3.55. The molecule has 4 nitrogen and oxygen atoms in total. The molecule has 1 aliphatic heterocycles. The molecule has 0 aromatic heterocycles. The van der Waals surface area contributed by atoms with Crippen molar-refractivity contribution in [3.05, 3.63) is 69.7 Å². The second-order valence-corrected chi connectivity index (χ2v) is 8.24. The van der Waals surface area contributed by atoms with Crippen LogP contribution in [0.2, 0.25) is 5.02 Å². The number of halogens is 1. The molecule has 1 unspecified atom stereocenters. The summed E-state index contributed by atoms with van der Waals surface area (Å²) in [6.45, 7) is 8.67. The second-order valence-electron chi connectivity index (χ2n) is 7.83. The predicted molar refractivity (Wildman–Crippen MR) is 116 cm³/mol. The van der Waals surface area contributed by atoms with Gasteiger partial charge in [0.15, 0.2) is 0 Å². The molecule has 0 radical (unpaired) electrons. The number of benzene rings is 2. The Bertz CT molecular complexity index is 906. The zero-order valence-corrected chi connectivity index (χ0v) is 18.0. The number of rotatable bonds is 5. The number of carbonyl (C=O) groups excluding carboxylic acids is 1. The van der Waals surface area contributed by atoms with Crippen LogP contribution in [0.3, 0.4) is 0 Å². The van der Waals surface area contributed by atoms with Crippen molar-refractivity contribution >= 4 is 23.2 Å². The number of carbonyl (C=O) groups is 1. The molecule has 1 heterocycles. The molecule has 0 saturated heterocycles. The van der Waals surface area contributed by atoms with Crippen molar-refractivity contribution in [2.75, 3.05) is 13.6 Å². The highest BCUT2D eigenvalue weighted by Gasteiger charge is 2.34. The third-order valence-corrected chi connectivity index (χ3v) is 5.88. The Hall–Kier alpha value is -2.17. The molecule has 0 bridgehead atoms. The summed E-state index contributed by atoms with van der Waals surface area (Å²) in [5, 5.41) is 7.05. The number of likely N-dealkylation sites (N-methyl/N-ethyl adjacent to an activating group) is 1. The normalized spacial score (nSPS) is 16.8. The van der Waals surface area contributed by atoms with Crippen molar-refractivity contribution in [3.63, 3.8) is 0 Å². The van der Waals surface area contributed by atoms with Gasteiger partial charge in [0.2, 0.25) is 0 Å². The molecule has 28 heavy (non-hydrogen) atoms. The topological polar surface area (TPSA) is 35.9 Å². The standard InChI is InChI=1S/C23H28ClN3O/c1-15(2)26(5)14-23(28)27-22(19-8-6-7-9-20(19)24)13-21(25-27)18-11-10-16(3)17(4)12-18/h6-12,15,22H,13-14H2,1-5H3. The van der Waals surface area contributed by atoms with Crippen molar-refractivity contribution < 1.29 is 4.79 Å². The Morgan fingerprint density at radius 2 is 1.93 bits per heavy atom. The van der Waals surface area contributed by atoms with Crippen molar-refractivity contribution in [3.8, 4) is 0 Å². The van der Waals surface area contributed by atoms with E-state index in [-0.39, 0.29) is 18.0 Å². The Morgan fingerprint density at radius 1 is 1.21 bits per heavy atom. The first-order chi connectivity index (χ1) is 13.3. The van der Waals surface area contributed by atoms with Gasteiger partial charge in [-0.05, 0) is 69.1 Å². The summed E-state index contributed by atoms with van der Waals surface area (Å²) in [5.74, 6) is -0.0139. The lowest BCUT2D eigenvalue weighted by atomic mass is 9.96. The smallest absolute Gasteiger partial charge is 0.257 e. The van der Waals surface area contributed by atoms with Crippen LogP contribution in [0.5, 0.6) is 0 Å². The lowest BCUT2D eigenvalue weighted by Crippen LogP contribution is -2.39. The second kappa shape index (κ2) is 8.46. The highest BCUT2D eigenvalue weighted by atomic mass is 35.5. The van der Waals surface area contributed by atoms with Crippen LogP contribution in [-0.2, 0) is 4.79 Å². The van der Waals surface area contributed by atoms with E-state index in [1.54, 1.807) is 5.01 Å². The number of nitrogens with zero attached hydrogens (tertiary/aromatic N) is 3. The highest BCUT2D eigenvalue weighted by molar-refractivity contribution is 6.31. The van der Waals surface area contributed by atoms with Crippen LogP contribution in [-0.4, -0.2) is 41.2 Å². The van der Waals surface area contributed by atoms with Crippen LogP contribution >= 0.6 is 11.6 Å². The zero-order valence-electron chi connectivity index (χ0n) is 17.2. The van der Waals surface area contributed by atoms with Crippen molar-refractivity contribution in [1.29, 1.82) is 0 Å². The van der Waals surface area contributed by atoms with Gasteiger partial charge >= 0.3 is 0 Å². The van der Waals surface area contributed by atoms with E-state index in [2.05, 4.69) is 45.9 Å². The van der Waals surface area contributed by atoms with Crippen LogP contribution < -0.4 is 0 Å². The molecular formula is C23H28ClN3O. The van der Waals surface area contributed by atoms with Crippen molar-refractivity contribution in [2.45, 2.75) is 46.2 Å². The van der Waals surface area contributed by atoms with Gasteiger partial charge in [-0.15, -0.1) is 0 Å². The lowest BCUT2D eigenvalue weighted by molar-refractivity contribution is -0.134. The van der Waals surface area contributed by atoms with E-state index in [4.69, 9.17) is 16.7 Å². The summed E-state index contributed by atoms with van der Waals surface area (Å²) in [6.07, 6.45) is 0.656. The average Bonchev–Trinajstić information content (AvgIpc) is 3.09. The summed E-state index contributed by atoms with van der Waals surface area (Å²) in [6, 6.07) is 14.2. The van der Waals surface area contributed by atoms with Crippen LogP contribution in [0.4, 0.5) is 0 Å². The molecule has 0 N–H and O–H groups in total. The van der Waals surface area contributed by atoms with Crippen LogP contribution in [0.1, 0.15) is 48.6 Å². The van der Waals surface area contributed by atoms with Gasteiger partial charge in [0.25, 0.3) is 5.91 Å². The third-order valence-electron chi connectivity index (χ3n) is 5.54. The molecule has 0 aliphatic carbocycles. The summed E-state index contributed by atoms with van der Waals surface area (Å²) >= 11 is 6.47. The fourth-order valence-electron chi connectivity index (χ4n) is 3.29. The van der Waals surface area contributed by atoms with Gasteiger partial charge in [0, 0.05) is 17.5 Å². The van der Waals surface area contributed by atoms with Crippen molar-refractivity contribution in [2.24, 2.45) is 5.10 Å². The third kappa shape index (κ3) is 4.29. The van der Waals surface area contributed by atoms with E-state index in [9.17, 15) is 4.79 Å². The van der Waals surface area contributed by atoms with Gasteiger partial charge in [-0.2, -0.15) is 5.10 Å². The van der Waals surface area contributed by atoms with E-state index in [1.807, 2.05) is 36.2 Å². The summed E-state index contributed by atoms with van der Waals surface area (Å²) in [7, 11) is 1.96. The molecule has 2 aromatic rings. The Balaban J connectivity index is 1.96. The molecule has 148 valence electrons. The minimum absolute atomic E-state index is 0.0139. The number of hydrazone groups is 1. The van der Waals surface area contributed by atoms with E-state index in [0.717, 1.165) is 16.8 Å². The Kier molecular flexibility index (Phi) is 6.21. The molecule has 3 rings (SSSR count). The molecule has 0 saturated carbocycles. The van der Waals surface area contributed by atoms with E-state index >= 15 is 0 Å². The largest absolute Gasteiger partial charge is 0.295 e. The molecule has 2 aromatic carbocycles. The molecule has 5 heteroatoms. The number of hydrogen-bond acceptors (Lipinski definition) is 3. The van der Waals surface area contributed by atoms with Gasteiger partial charge < -0.3 is 0 Å².